The summed E-state index contributed by atoms with van der Waals surface area (Å²) in [5, 5.41) is 2.91. The number of halogens is 3. The molecule has 6 nitrogen and oxygen atoms in total. The zero-order valence-electron chi connectivity index (χ0n) is 16.8. The maximum absolute atomic E-state index is 14.3. The number of nitrogens with one attached hydrogen (secondary N) is 1. The third-order valence-corrected chi connectivity index (χ3v) is 5.41. The molecule has 1 aliphatic rings. The summed E-state index contributed by atoms with van der Waals surface area (Å²) in [5.74, 6) is -2.37. The molecular formula is C24H15Cl2FN2O4. The van der Waals surface area contributed by atoms with Crippen LogP contribution < -0.4 is 15.0 Å². The van der Waals surface area contributed by atoms with Gasteiger partial charge in [-0.05, 0) is 42.5 Å². The Kier molecular flexibility index (Phi) is 6.44. The number of hydrogen-bond donors (Lipinski definition) is 1. The molecule has 1 fully saturated rings. The highest BCUT2D eigenvalue weighted by atomic mass is 35.5. The maximum Gasteiger partial charge on any atom is 0.336 e. The van der Waals surface area contributed by atoms with E-state index in [-0.39, 0.29) is 17.9 Å². The van der Waals surface area contributed by atoms with Gasteiger partial charge in [0, 0.05) is 21.2 Å². The number of rotatable bonds is 5. The Bertz CT molecular complexity index is 1310. The second-order valence-electron chi connectivity index (χ2n) is 6.97. The predicted molar refractivity (Wildman–Crippen MR) is 123 cm³/mol. The van der Waals surface area contributed by atoms with E-state index >= 15 is 0 Å². The monoisotopic (exact) mass is 484 g/mol. The Balaban J connectivity index is 1.70. The summed E-state index contributed by atoms with van der Waals surface area (Å²) in [6.07, 6.45) is 1.24. The predicted octanol–water partition coefficient (Wildman–Crippen LogP) is 5.38. The molecule has 0 bridgehead atoms. The van der Waals surface area contributed by atoms with Gasteiger partial charge in [0.05, 0.1) is 5.69 Å². The second-order valence-corrected chi connectivity index (χ2v) is 7.82. The Morgan fingerprint density at radius 1 is 0.970 bits per heavy atom. The van der Waals surface area contributed by atoms with Gasteiger partial charge in [-0.15, -0.1) is 0 Å². The molecule has 0 saturated carbocycles. The molecule has 33 heavy (non-hydrogen) atoms. The van der Waals surface area contributed by atoms with Crippen LogP contribution >= 0.6 is 23.2 Å². The van der Waals surface area contributed by atoms with Crippen molar-refractivity contribution in [3.05, 3.63) is 99.3 Å². The van der Waals surface area contributed by atoms with Crippen molar-refractivity contribution in [2.24, 2.45) is 0 Å². The summed E-state index contributed by atoms with van der Waals surface area (Å²) in [5.41, 5.74) is 0.383. The third-order valence-electron chi connectivity index (χ3n) is 4.81. The van der Waals surface area contributed by atoms with Crippen LogP contribution in [0.2, 0.25) is 10.0 Å². The summed E-state index contributed by atoms with van der Waals surface area (Å²) in [4.78, 5) is 38.4. The van der Waals surface area contributed by atoms with Crippen LogP contribution in [0.1, 0.15) is 11.1 Å². The van der Waals surface area contributed by atoms with E-state index in [1.165, 1.54) is 30.3 Å². The highest BCUT2D eigenvalue weighted by Crippen LogP contribution is 2.29. The molecule has 1 N–H and O–H groups in total. The topological polar surface area (TPSA) is 75.7 Å². The van der Waals surface area contributed by atoms with Gasteiger partial charge < -0.3 is 4.74 Å². The normalized spacial score (nSPS) is 15.1. The average Bonchev–Trinajstić information content (AvgIpc) is 2.78. The van der Waals surface area contributed by atoms with Crippen LogP contribution in [0.15, 0.2) is 72.3 Å². The molecule has 166 valence electrons. The van der Waals surface area contributed by atoms with Crippen molar-refractivity contribution in [2.45, 2.75) is 6.61 Å². The molecular weight excluding hydrogens is 470 g/mol. The van der Waals surface area contributed by atoms with E-state index in [1.54, 1.807) is 30.3 Å². The number of nitrogens with zero attached hydrogens (tertiary/aromatic N) is 1. The molecule has 0 spiro atoms. The third kappa shape index (κ3) is 4.74. The SMILES string of the molecule is O=C1NC(=O)N(c2ccccc2F)C(=O)/C1=C\c1cc(Cl)ccc1OCc1ccccc1Cl. The highest BCUT2D eigenvalue weighted by Gasteiger charge is 2.38. The lowest BCUT2D eigenvalue weighted by Gasteiger charge is -2.26. The maximum atomic E-state index is 14.3. The van der Waals surface area contributed by atoms with Crippen LogP contribution in [0.4, 0.5) is 14.9 Å². The summed E-state index contributed by atoms with van der Waals surface area (Å²) < 4.78 is 20.1. The number of benzene rings is 3. The highest BCUT2D eigenvalue weighted by molar-refractivity contribution is 6.39. The van der Waals surface area contributed by atoms with Gasteiger partial charge in [-0.1, -0.05) is 53.5 Å². The van der Waals surface area contributed by atoms with Gasteiger partial charge in [-0.25, -0.2) is 14.1 Å². The minimum atomic E-state index is -1.05. The molecule has 0 radical (unpaired) electrons. The molecule has 0 aromatic heterocycles. The fourth-order valence-electron chi connectivity index (χ4n) is 3.20. The van der Waals surface area contributed by atoms with E-state index in [0.29, 0.717) is 26.3 Å². The lowest BCUT2D eigenvalue weighted by Crippen LogP contribution is -2.54. The standard InChI is InChI=1S/C24H15Cl2FN2O4/c25-16-9-10-21(33-13-14-5-1-2-6-18(14)26)15(11-16)12-17-22(30)28-24(32)29(23(17)31)20-8-4-3-7-19(20)27/h1-12H,13H2,(H,28,30,32)/b17-12-. The van der Waals surface area contributed by atoms with Gasteiger partial charge in [0.15, 0.2) is 0 Å². The quantitative estimate of drug-likeness (QED) is 0.389. The first-order valence-electron chi connectivity index (χ1n) is 9.67. The second kappa shape index (κ2) is 9.44. The molecule has 4 rings (SSSR count). The van der Waals surface area contributed by atoms with Crippen molar-refractivity contribution >= 4 is 52.8 Å². The minimum absolute atomic E-state index is 0.122. The number of para-hydroxylation sites is 1. The molecule has 1 saturated heterocycles. The number of barbiturate groups is 1. The molecule has 0 unspecified atom stereocenters. The summed E-state index contributed by atoms with van der Waals surface area (Å²) in [7, 11) is 0. The van der Waals surface area contributed by atoms with Gasteiger partial charge in [-0.2, -0.15) is 0 Å². The van der Waals surface area contributed by atoms with Gasteiger partial charge in [-0.3, -0.25) is 14.9 Å². The van der Waals surface area contributed by atoms with Crippen LogP contribution in [-0.4, -0.2) is 17.8 Å². The van der Waals surface area contributed by atoms with Crippen LogP contribution in [0.3, 0.4) is 0 Å². The Hall–Kier alpha value is -3.68. The molecule has 1 heterocycles. The van der Waals surface area contributed by atoms with Crippen LogP contribution in [-0.2, 0) is 16.2 Å². The zero-order chi connectivity index (χ0) is 23.5. The molecule has 3 aromatic rings. The molecule has 3 aromatic carbocycles. The van der Waals surface area contributed by atoms with Crippen molar-refractivity contribution in [1.82, 2.24) is 5.32 Å². The van der Waals surface area contributed by atoms with Crippen LogP contribution in [0.5, 0.6) is 5.75 Å². The van der Waals surface area contributed by atoms with Gasteiger partial charge in [0.2, 0.25) is 0 Å². The smallest absolute Gasteiger partial charge is 0.336 e. The molecule has 9 heteroatoms. The number of anilines is 1. The van der Waals surface area contributed by atoms with Crippen LogP contribution in [0, 0.1) is 5.82 Å². The number of imide groups is 2. The molecule has 0 aliphatic carbocycles. The van der Waals surface area contributed by atoms with E-state index < -0.39 is 23.7 Å². The van der Waals surface area contributed by atoms with Crippen LogP contribution in [0.25, 0.3) is 6.08 Å². The number of urea groups is 1. The van der Waals surface area contributed by atoms with E-state index in [9.17, 15) is 18.8 Å². The first kappa shape index (κ1) is 22.5. The number of amides is 4. The Labute approximate surface area is 198 Å². The Morgan fingerprint density at radius 2 is 1.70 bits per heavy atom. The van der Waals surface area contributed by atoms with E-state index in [1.807, 2.05) is 6.07 Å². The van der Waals surface area contributed by atoms with Gasteiger partial charge >= 0.3 is 6.03 Å². The van der Waals surface area contributed by atoms with Crippen molar-refractivity contribution in [3.63, 3.8) is 0 Å². The average molecular weight is 485 g/mol. The fourth-order valence-corrected chi connectivity index (χ4v) is 3.57. The van der Waals surface area contributed by atoms with E-state index in [0.717, 1.165) is 11.6 Å². The molecule has 1 aliphatic heterocycles. The van der Waals surface area contributed by atoms with Crippen molar-refractivity contribution in [3.8, 4) is 5.75 Å². The van der Waals surface area contributed by atoms with E-state index in [2.05, 4.69) is 5.32 Å². The lowest BCUT2D eigenvalue weighted by atomic mass is 10.1. The van der Waals surface area contributed by atoms with Crippen molar-refractivity contribution in [2.75, 3.05) is 4.90 Å². The zero-order valence-corrected chi connectivity index (χ0v) is 18.4. The molecule has 0 atom stereocenters. The summed E-state index contributed by atoms with van der Waals surface area (Å²) in [6.45, 7) is 0.122. The fraction of sp³-hybridized carbons (Fsp3) is 0.0417. The van der Waals surface area contributed by atoms with Gasteiger partial charge in [0.1, 0.15) is 23.7 Å². The van der Waals surface area contributed by atoms with Crippen molar-refractivity contribution in [1.29, 1.82) is 0 Å². The number of ether oxygens (including phenoxy) is 1. The largest absolute Gasteiger partial charge is 0.488 e. The Morgan fingerprint density at radius 3 is 2.45 bits per heavy atom. The van der Waals surface area contributed by atoms with E-state index in [4.69, 9.17) is 27.9 Å². The van der Waals surface area contributed by atoms with Crippen molar-refractivity contribution < 1.29 is 23.5 Å². The number of hydrogen-bond acceptors (Lipinski definition) is 4. The summed E-state index contributed by atoms with van der Waals surface area (Å²) >= 11 is 12.3. The number of carbonyl (C=O) groups excluding carboxylic acids is 3. The summed E-state index contributed by atoms with van der Waals surface area (Å²) in [6, 6.07) is 16.0. The lowest BCUT2D eigenvalue weighted by molar-refractivity contribution is -0.122. The first-order valence-corrected chi connectivity index (χ1v) is 10.4. The molecule has 4 amide bonds. The van der Waals surface area contributed by atoms with Gasteiger partial charge in [0.25, 0.3) is 11.8 Å². The minimum Gasteiger partial charge on any atom is -0.488 e. The number of carbonyl (C=O) groups is 3. The first-order chi connectivity index (χ1) is 15.8.